The van der Waals surface area contributed by atoms with E-state index in [0.717, 1.165) is 41.8 Å². The number of anilines is 1. The number of aryl methyl sites for hydroxylation is 2. The van der Waals surface area contributed by atoms with Crippen LogP contribution in [0.4, 0.5) is 5.69 Å². The van der Waals surface area contributed by atoms with Crippen LogP contribution >= 0.6 is 12.2 Å². The molecular weight excluding hydrogens is 304 g/mol. The second kappa shape index (κ2) is 6.71. The van der Waals surface area contributed by atoms with Crippen molar-refractivity contribution in [1.82, 2.24) is 14.7 Å². The third kappa shape index (κ3) is 3.39. The van der Waals surface area contributed by atoms with Gasteiger partial charge in [-0.05, 0) is 57.0 Å². The Kier molecular flexibility index (Phi) is 4.66. The highest BCUT2D eigenvalue weighted by molar-refractivity contribution is 7.80. The summed E-state index contributed by atoms with van der Waals surface area (Å²) in [4.78, 5) is 2.24. The normalized spacial score (nSPS) is 14.3. The zero-order valence-corrected chi connectivity index (χ0v) is 14.9. The molecule has 1 aromatic carbocycles. The van der Waals surface area contributed by atoms with E-state index in [1.54, 1.807) is 0 Å². The number of likely N-dealkylation sites (tertiary alicyclic amines) is 1. The van der Waals surface area contributed by atoms with Crippen LogP contribution in [0.25, 0.3) is 0 Å². The molecule has 0 saturated carbocycles. The molecule has 0 radical (unpaired) electrons. The van der Waals surface area contributed by atoms with Gasteiger partial charge in [-0.25, -0.2) is 0 Å². The van der Waals surface area contributed by atoms with Gasteiger partial charge in [0.05, 0.1) is 23.6 Å². The van der Waals surface area contributed by atoms with E-state index in [0.29, 0.717) is 0 Å². The molecule has 2 aromatic rings. The molecule has 1 aliphatic heterocycles. The molecule has 1 N–H and O–H groups in total. The molecule has 0 atom stereocenters. The van der Waals surface area contributed by atoms with E-state index in [9.17, 15) is 0 Å². The molecule has 0 amide bonds. The smallest absolute Gasteiger partial charge is 0.173 e. The molecule has 122 valence electrons. The molecule has 1 fully saturated rings. The number of nitrogens with one attached hydrogen (secondary N) is 1. The standard InChI is InChI=1S/C18H24N4S/c1-13-8-4-5-9-16(13)12-22-15(3)17(14(2)20-22)19-18(23)21-10-6-7-11-21/h4-5,8-9H,6-7,10-12H2,1-3H3,(H,19,23). The van der Waals surface area contributed by atoms with Gasteiger partial charge in [-0.1, -0.05) is 24.3 Å². The lowest BCUT2D eigenvalue weighted by molar-refractivity contribution is 0.528. The number of hydrogen-bond acceptors (Lipinski definition) is 2. The highest BCUT2D eigenvalue weighted by atomic mass is 32.1. The Morgan fingerprint density at radius 1 is 1.17 bits per heavy atom. The van der Waals surface area contributed by atoms with Crippen molar-refractivity contribution in [1.29, 1.82) is 0 Å². The van der Waals surface area contributed by atoms with Crippen molar-refractivity contribution in [2.75, 3.05) is 18.4 Å². The minimum atomic E-state index is 0.789. The minimum absolute atomic E-state index is 0.789. The van der Waals surface area contributed by atoms with Gasteiger partial charge in [0.1, 0.15) is 0 Å². The van der Waals surface area contributed by atoms with E-state index in [1.807, 2.05) is 6.92 Å². The van der Waals surface area contributed by atoms with Crippen molar-refractivity contribution in [3.8, 4) is 0 Å². The summed E-state index contributed by atoms with van der Waals surface area (Å²) in [5.74, 6) is 0. The number of benzene rings is 1. The third-order valence-corrected chi connectivity index (χ3v) is 4.95. The van der Waals surface area contributed by atoms with Gasteiger partial charge in [-0.2, -0.15) is 5.10 Å². The van der Waals surface area contributed by atoms with Gasteiger partial charge in [0.15, 0.2) is 5.11 Å². The molecule has 1 aliphatic rings. The van der Waals surface area contributed by atoms with Gasteiger partial charge < -0.3 is 10.2 Å². The summed E-state index contributed by atoms with van der Waals surface area (Å²) in [6.07, 6.45) is 2.46. The van der Waals surface area contributed by atoms with Crippen LogP contribution in [0.3, 0.4) is 0 Å². The van der Waals surface area contributed by atoms with E-state index >= 15 is 0 Å². The molecule has 23 heavy (non-hydrogen) atoms. The van der Waals surface area contributed by atoms with Gasteiger partial charge in [0.2, 0.25) is 0 Å². The van der Waals surface area contributed by atoms with E-state index in [4.69, 9.17) is 17.3 Å². The fourth-order valence-electron chi connectivity index (χ4n) is 3.09. The highest BCUT2D eigenvalue weighted by Gasteiger charge is 2.18. The summed E-state index contributed by atoms with van der Waals surface area (Å²) in [6, 6.07) is 8.45. The van der Waals surface area contributed by atoms with Gasteiger partial charge in [-0.15, -0.1) is 0 Å². The quantitative estimate of drug-likeness (QED) is 0.872. The Balaban J connectivity index is 1.79. The Hall–Kier alpha value is -1.88. The first-order chi connectivity index (χ1) is 11.1. The van der Waals surface area contributed by atoms with Gasteiger partial charge in [-0.3, -0.25) is 4.68 Å². The number of thiocarbonyl (C=S) groups is 1. The van der Waals surface area contributed by atoms with Crippen LogP contribution in [-0.4, -0.2) is 32.9 Å². The summed E-state index contributed by atoms with van der Waals surface area (Å²) < 4.78 is 2.06. The molecular formula is C18H24N4S. The number of nitrogens with zero attached hydrogens (tertiary/aromatic N) is 3. The van der Waals surface area contributed by atoms with E-state index < -0.39 is 0 Å². The fraction of sp³-hybridized carbons (Fsp3) is 0.444. The zero-order chi connectivity index (χ0) is 16.4. The fourth-order valence-corrected chi connectivity index (χ4v) is 3.37. The lowest BCUT2D eigenvalue weighted by Crippen LogP contribution is -2.32. The molecule has 0 spiro atoms. The minimum Gasteiger partial charge on any atom is -0.349 e. The first kappa shape index (κ1) is 16.0. The van der Waals surface area contributed by atoms with Crippen molar-refractivity contribution >= 4 is 23.0 Å². The SMILES string of the molecule is Cc1ccccc1Cn1nc(C)c(NC(=S)N2CCCC2)c1C. The van der Waals surface area contributed by atoms with E-state index in [-0.39, 0.29) is 0 Å². The molecule has 0 aliphatic carbocycles. The zero-order valence-electron chi connectivity index (χ0n) is 14.1. The monoisotopic (exact) mass is 328 g/mol. The second-order valence-corrected chi connectivity index (χ2v) is 6.64. The number of hydrogen-bond donors (Lipinski definition) is 1. The Labute approximate surface area is 143 Å². The average Bonchev–Trinajstić information content (AvgIpc) is 3.14. The van der Waals surface area contributed by atoms with Crippen molar-refractivity contribution in [3.05, 3.63) is 46.8 Å². The lowest BCUT2D eigenvalue weighted by Gasteiger charge is -2.19. The summed E-state index contributed by atoms with van der Waals surface area (Å²) >= 11 is 5.55. The van der Waals surface area contributed by atoms with Gasteiger partial charge in [0.25, 0.3) is 0 Å². The molecule has 5 heteroatoms. The maximum absolute atomic E-state index is 5.55. The van der Waals surface area contributed by atoms with Crippen LogP contribution in [0.2, 0.25) is 0 Å². The largest absolute Gasteiger partial charge is 0.349 e. The molecule has 3 rings (SSSR count). The maximum atomic E-state index is 5.55. The van der Waals surface area contributed by atoms with Crippen molar-refractivity contribution in [3.63, 3.8) is 0 Å². The predicted molar refractivity (Wildman–Crippen MR) is 99.0 cm³/mol. The summed E-state index contributed by atoms with van der Waals surface area (Å²) in [5, 5.41) is 8.94. The molecule has 0 unspecified atom stereocenters. The van der Waals surface area contributed by atoms with Gasteiger partial charge >= 0.3 is 0 Å². The van der Waals surface area contributed by atoms with E-state index in [1.165, 1.54) is 24.0 Å². The second-order valence-electron chi connectivity index (χ2n) is 6.25. The molecule has 2 heterocycles. The van der Waals surface area contributed by atoms with Crippen molar-refractivity contribution in [2.24, 2.45) is 0 Å². The molecule has 4 nitrogen and oxygen atoms in total. The van der Waals surface area contributed by atoms with Crippen LogP contribution < -0.4 is 5.32 Å². The topological polar surface area (TPSA) is 33.1 Å². The predicted octanol–water partition coefficient (Wildman–Crippen LogP) is 3.65. The summed E-state index contributed by atoms with van der Waals surface area (Å²) in [7, 11) is 0. The maximum Gasteiger partial charge on any atom is 0.173 e. The van der Waals surface area contributed by atoms with Crippen molar-refractivity contribution in [2.45, 2.75) is 40.2 Å². The molecule has 1 saturated heterocycles. The first-order valence-corrected chi connectivity index (χ1v) is 8.61. The Morgan fingerprint density at radius 2 is 1.87 bits per heavy atom. The Morgan fingerprint density at radius 3 is 2.57 bits per heavy atom. The van der Waals surface area contributed by atoms with Crippen LogP contribution in [0, 0.1) is 20.8 Å². The summed E-state index contributed by atoms with van der Waals surface area (Å²) in [6.45, 7) is 9.19. The number of rotatable bonds is 3. The van der Waals surface area contributed by atoms with Crippen LogP contribution in [0.15, 0.2) is 24.3 Å². The van der Waals surface area contributed by atoms with Crippen LogP contribution in [-0.2, 0) is 6.54 Å². The first-order valence-electron chi connectivity index (χ1n) is 8.20. The third-order valence-electron chi connectivity index (χ3n) is 4.59. The van der Waals surface area contributed by atoms with Crippen molar-refractivity contribution < 1.29 is 0 Å². The van der Waals surface area contributed by atoms with Gasteiger partial charge in [0, 0.05) is 13.1 Å². The average molecular weight is 328 g/mol. The molecule has 1 aromatic heterocycles. The van der Waals surface area contributed by atoms with Crippen LogP contribution in [0.1, 0.15) is 35.4 Å². The highest BCUT2D eigenvalue weighted by Crippen LogP contribution is 2.22. The molecule has 0 bridgehead atoms. The summed E-state index contributed by atoms with van der Waals surface area (Å²) in [5.41, 5.74) is 5.77. The van der Waals surface area contributed by atoms with Crippen LogP contribution in [0.5, 0.6) is 0 Å². The van der Waals surface area contributed by atoms with E-state index in [2.05, 4.69) is 53.0 Å². The Bertz CT molecular complexity index is 714. The number of aromatic nitrogens is 2. The lowest BCUT2D eigenvalue weighted by atomic mass is 10.1.